The van der Waals surface area contributed by atoms with Gasteiger partial charge in [-0.15, -0.1) is 0 Å². The lowest BCUT2D eigenvalue weighted by molar-refractivity contribution is 0.118. The van der Waals surface area contributed by atoms with E-state index in [2.05, 4.69) is 50.4 Å². The first-order valence-electron chi connectivity index (χ1n) is 7.11. The lowest BCUT2D eigenvalue weighted by Gasteiger charge is -2.08. The fourth-order valence-corrected chi connectivity index (χ4v) is 1.74. The van der Waals surface area contributed by atoms with Crippen molar-refractivity contribution in [3.05, 3.63) is 35.4 Å². The zero-order valence-corrected chi connectivity index (χ0v) is 12.0. The van der Waals surface area contributed by atoms with Gasteiger partial charge < -0.3 is 10.1 Å². The predicted molar refractivity (Wildman–Crippen MR) is 77.8 cm³/mol. The van der Waals surface area contributed by atoms with Crippen molar-refractivity contribution in [1.82, 2.24) is 5.32 Å². The Labute approximate surface area is 112 Å². The van der Waals surface area contributed by atoms with Gasteiger partial charge in [0.05, 0.1) is 6.61 Å². The Balaban J connectivity index is 2.24. The van der Waals surface area contributed by atoms with Crippen LogP contribution in [0.4, 0.5) is 0 Å². The van der Waals surface area contributed by atoms with Gasteiger partial charge in [-0.2, -0.15) is 0 Å². The summed E-state index contributed by atoms with van der Waals surface area (Å²) in [6, 6.07) is 9.34. The third-order valence-corrected chi connectivity index (χ3v) is 2.90. The molecule has 0 aromatic heterocycles. The highest BCUT2D eigenvalue weighted by molar-refractivity contribution is 5.22. The van der Waals surface area contributed by atoms with Gasteiger partial charge in [0.2, 0.25) is 0 Å². The Morgan fingerprint density at radius 2 is 1.78 bits per heavy atom. The highest BCUT2D eigenvalue weighted by Gasteiger charge is 1.97. The first-order valence-corrected chi connectivity index (χ1v) is 7.11. The average Bonchev–Trinajstić information content (AvgIpc) is 2.36. The molecule has 0 saturated carbocycles. The van der Waals surface area contributed by atoms with Crippen LogP contribution in [0.3, 0.4) is 0 Å². The number of unbranched alkanes of at least 4 members (excludes halogenated alkanes) is 1. The summed E-state index contributed by atoms with van der Waals surface area (Å²) in [7, 11) is 0. The van der Waals surface area contributed by atoms with E-state index in [1.165, 1.54) is 17.5 Å². The predicted octanol–water partition coefficient (Wildman–Crippen LogP) is 3.54. The summed E-state index contributed by atoms with van der Waals surface area (Å²) >= 11 is 0. The van der Waals surface area contributed by atoms with Gasteiger partial charge in [0.15, 0.2) is 0 Å². The monoisotopic (exact) mass is 249 g/mol. The third kappa shape index (κ3) is 6.77. The molecule has 1 aromatic carbocycles. The normalized spacial score (nSPS) is 11.1. The van der Waals surface area contributed by atoms with E-state index in [0.717, 1.165) is 32.6 Å². The molecule has 0 fully saturated rings. The van der Waals surface area contributed by atoms with E-state index >= 15 is 0 Å². The van der Waals surface area contributed by atoms with E-state index < -0.39 is 0 Å². The molecular weight excluding hydrogens is 222 g/mol. The van der Waals surface area contributed by atoms with Crippen LogP contribution in [0.25, 0.3) is 0 Å². The Hall–Kier alpha value is -0.860. The van der Waals surface area contributed by atoms with Crippen LogP contribution in [0.5, 0.6) is 0 Å². The van der Waals surface area contributed by atoms with E-state index in [9.17, 15) is 0 Å². The molecule has 2 heteroatoms. The Morgan fingerprint density at radius 3 is 2.39 bits per heavy atom. The quantitative estimate of drug-likeness (QED) is 0.676. The number of hydrogen-bond donors (Lipinski definition) is 1. The van der Waals surface area contributed by atoms with E-state index in [-0.39, 0.29) is 0 Å². The molecule has 0 spiro atoms. The SMILES string of the molecule is CCCCOCc1ccc(CCNC(C)C)cc1. The van der Waals surface area contributed by atoms with Gasteiger partial charge in [-0.05, 0) is 30.5 Å². The number of benzene rings is 1. The second-order valence-corrected chi connectivity index (χ2v) is 5.08. The number of ether oxygens (including phenoxy) is 1. The van der Waals surface area contributed by atoms with Gasteiger partial charge in [-0.25, -0.2) is 0 Å². The second-order valence-electron chi connectivity index (χ2n) is 5.08. The molecule has 1 aromatic rings. The van der Waals surface area contributed by atoms with Gasteiger partial charge >= 0.3 is 0 Å². The topological polar surface area (TPSA) is 21.3 Å². The fraction of sp³-hybridized carbons (Fsp3) is 0.625. The van der Waals surface area contributed by atoms with Gasteiger partial charge in [-0.3, -0.25) is 0 Å². The number of rotatable bonds is 9. The van der Waals surface area contributed by atoms with E-state index in [1.807, 2.05) is 0 Å². The Morgan fingerprint density at radius 1 is 1.11 bits per heavy atom. The summed E-state index contributed by atoms with van der Waals surface area (Å²) in [5, 5.41) is 3.43. The van der Waals surface area contributed by atoms with E-state index in [0.29, 0.717) is 6.04 Å². The van der Waals surface area contributed by atoms with Crippen LogP contribution in [0.2, 0.25) is 0 Å². The lowest BCUT2D eigenvalue weighted by atomic mass is 10.1. The van der Waals surface area contributed by atoms with Crippen molar-refractivity contribution in [2.24, 2.45) is 0 Å². The highest BCUT2D eigenvalue weighted by Crippen LogP contribution is 2.06. The maximum Gasteiger partial charge on any atom is 0.0716 e. The van der Waals surface area contributed by atoms with Crippen molar-refractivity contribution in [2.45, 2.75) is 52.7 Å². The molecule has 2 nitrogen and oxygen atoms in total. The van der Waals surface area contributed by atoms with Gasteiger partial charge in [0.25, 0.3) is 0 Å². The molecule has 1 N–H and O–H groups in total. The molecule has 0 aliphatic carbocycles. The standard InChI is InChI=1S/C16H27NO/c1-4-5-12-18-13-16-8-6-15(7-9-16)10-11-17-14(2)3/h6-9,14,17H,4-5,10-13H2,1-3H3. The van der Waals surface area contributed by atoms with Crippen LogP contribution in [-0.2, 0) is 17.8 Å². The van der Waals surface area contributed by atoms with Crippen LogP contribution in [0, 0.1) is 0 Å². The molecule has 18 heavy (non-hydrogen) atoms. The van der Waals surface area contributed by atoms with Crippen molar-refractivity contribution in [3.8, 4) is 0 Å². The van der Waals surface area contributed by atoms with Crippen molar-refractivity contribution in [3.63, 3.8) is 0 Å². The molecule has 0 aliphatic heterocycles. The molecule has 0 heterocycles. The van der Waals surface area contributed by atoms with E-state index in [1.54, 1.807) is 0 Å². The van der Waals surface area contributed by atoms with E-state index in [4.69, 9.17) is 4.74 Å². The summed E-state index contributed by atoms with van der Waals surface area (Å²) in [5.74, 6) is 0. The second kappa shape index (κ2) is 9.12. The summed E-state index contributed by atoms with van der Waals surface area (Å²) in [6.45, 7) is 9.20. The number of nitrogens with one attached hydrogen (secondary N) is 1. The molecule has 0 bridgehead atoms. The smallest absolute Gasteiger partial charge is 0.0716 e. The molecule has 0 saturated heterocycles. The molecule has 0 radical (unpaired) electrons. The van der Waals surface area contributed by atoms with Crippen molar-refractivity contribution in [2.75, 3.05) is 13.2 Å². The summed E-state index contributed by atoms with van der Waals surface area (Å²) in [5.41, 5.74) is 2.66. The van der Waals surface area contributed by atoms with Crippen molar-refractivity contribution in [1.29, 1.82) is 0 Å². The van der Waals surface area contributed by atoms with Crippen LogP contribution in [0.15, 0.2) is 24.3 Å². The molecule has 0 atom stereocenters. The fourth-order valence-electron chi connectivity index (χ4n) is 1.74. The van der Waals surface area contributed by atoms with Crippen molar-refractivity contribution >= 4 is 0 Å². The Bertz CT molecular complexity index is 305. The zero-order valence-electron chi connectivity index (χ0n) is 12.0. The summed E-state index contributed by atoms with van der Waals surface area (Å²) in [6.07, 6.45) is 3.44. The molecule has 0 aliphatic rings. The third-order valence-electron chi connectivity index (χ3n) is 2.90. The average molecular weight is 249 g/mol. The molecule has 102 valence electrons. The number of hydrogen-bond acceptors (Lipinski definition) is 2. The largest absolute Gasteiger partial charge is 0.377 e. The molecular formula is C16H27NO. The summed E-state index contributed by atoms with van der Waals surface area (Å²) < 4.78 is 5.60. The molecule has 0 unspecified atom stereocenters. The minimum atomic E-state index is 0.566. The molecule has 0 amide bonds. The first-order chi connectivity index (χ1) is 8.72. The zero-order chi connectivity index (χ0) is 13.2. The maximum atomic E-state index is 5.60. The lowest BCUT2D eigenvalue weighted by Crippen LogP contribution is -2.24. The molecule has 1 rings (SSSR count). The van der Waals surface area contributed by atoms with Gasteiger partial charge in [0, 0.05) is 12.6 Å². The van der Waals surface area contributed by atoms with Crippen LogP contribution in [0.1, 0.15) is 44.7 Å². The Kier molecular flexibility index (Phi) is 7.70. The van der Waals surface area contributed by atoms with Crippen LogP contribution < -0.4 is 5.32 Å². The van der Waals surface area contributed by atoms with Gasteiger partial charge in [-0.1, -0.05) is 51.5 Å². The van der Waals surface area contributed by atoms with Crippen LogP contribution >= 0.6 is 0 Å². The van der Waals surface area contributed by atoms with Gasteiger partial charge in [0.1, 0.15) is 0 Å². The maximum absolute atomic E-state index is 5.60. The van der Waals surface area contributed by atoms with Crippen molar-refractivity contribution < 1.29 is 4.74 Å². The first kappa shape index (κ1) is 15.2. The summed E-state index contributed by atoms with van der Waals surface area (Å²) in [4.78, 5) is 0. The highest BCUT2D eigenvalue weighted by atomic mass is 16.5. The minimum Gasteiger partial charge on any atom is -0.377 e. The minimum absolute atomic E-state index is 0.566. The van der Waals surface area contributed by atoms with Crippen LogP contribution in [-0.4, -0.2) is 19.2 Å².